The number of pyridine rings is 2. The highest BCUT2D eigenvalue weighted by Gasteiger charge is 2.60. The number of carbonyl (C=O) groups is 2. The van der Waals surface area contributed by atoms with E-state index in [9.17, 15) is 22.6 Å². The molecule has 0 aromatic carbocycles. The van der Waals surface area contributed by atoms with Gasteiger partial charge in [0.2, 0.25) is 0 Å². The van der Waals surface area contributed by atoms with E-state index in [-0.39, 0.29) is 34.9 Å². The van der Waals surface area contributed by atoms with Gasteiger partial charge in [0.05, 0.1) is 27.0 Å². The number of hydrogen-bond acceptors (Lipinski definition) is 8. The van der Waals surface area contributed by atoms with Gasteiger partial charge < -0.3 is 10.8 Å². The average molecular weight is 524 g/mol. The fraction of sp³-hybridized carbons (Fsp3) is 0.435. The Balaban J connectivity index is 1.77. The third kappa shape index (κ3) is 4.04. The predicted molar refractivity (Wildman–Crippen MR) is 125 cm³/mol. The minimum absolute atomic E-state index is 0.0330. The smallest absolute Gasteiger partial charge is 0.337 e. The molecular weight excluding hydrogens is 499 g/mol. The van der Waals surface area contributed by atoms with Gasteiger partial charge in [-0.15, -0.1) is 0 Å². The maximum absolute atomic E-state index is 15.1. The lowest BCUT2D eigenvalue weighted by Gasteiger charge is -2.48. The summed E-state index contributed by atoms with van der Waals surface area (Å²) in [6.07, 6.45) is -0.158. The summed E-state index contributed by atoms with van der Waals surface area (Å²) in [5.74, 6) is -6.01. The number of hydrogen-bond donors (Lipinski definition) is 2. The summed E-state index contributed by atoms with van der Waals surface area (Å²) in [6, 6.07) is 4.75. The Labute approximate surface area is 205 Å². The minimum Gasteiger partial charge on any atom is -0.478 e. The molecule has 0 spiro atoms. The molecule has 0 saturated carbocycles. The van der Waals surface area contributed by atoms with Gasteiger partial charge in [-0.25, -0.2) is 26.5 Å². The zero-order chi connectivity index (χ0) is 26.7. The molecule has 0 amide bonds. The van der Waals surface area contributed by atoms with E-state index < -0.39 is 61.7 Å². The van der Waals surface area contributed by atoms with Gasteiger partial charge in [0, 0.05) is 18.3 Å². The van der Waals surface area contributed by atoms with Crippen molar-refractivity contribution in [3.05, 3.63) is 58.9 Å². The van der Waals surface area contributed by atoms with Crippen LogP contribution in [0.2, 0.25) is 0 Å². The van der Waals surface area contributed by atoms with Crippen LogP contribution in [0.15, 0.2) is 39.8 Å². The number of halogens is 3. The van der Waals surface area contributed by atoms with E-state index in [0.29, 0.717) is 0 Å². The summed E-state index contributed by atoms with van der Waals surface area (Å²) in [6.45, 7) is 3.43. The van der Waals surface area contributed by atoms with Crippen molar-refractivity contribution in [2.45, 2.75) is 55.1 Å². The van der Waals surface area contributed by atoms with E-state index in [0.717, 1.165) is 12.3 Å². The van der Waals surface area contributed by atoms with Crippen molar-refractivity contribution in [2.75, 3.05) is 6.54 Å². The van der Waals surface area contributed by atoms with Crippen LogP contribution in [0.4, 0.5) is 13.2 Å². The Morgan fingerprint density at radius 1 is 1.19 bits per heavy atom. The Morgan fingerprint density at radius 3 is 2.50 bits per heavy atom. The van der Waals surface area contributed by atoms with E-state index >= 15 is 4.39 Å². The molecule has 0 aliphatic carbocycles. The predicted octanol–water partition coefficient (Wildman–Crippen LogP) is 2.98. The van der Waals surface area contributed by atoms with E-state index in [4.69, 9.17) is 10.8 Å². The lowest BCUT2D eigenvalue weighted by Crippen LogP contribution is -2.62. The molecule has 0 bridgehead atoms. The topological polar surface area (TPSA) is 148 Å². The summed E-state index contributed by atoms with van der Waals surface area (Å²) < 4.78 is 60.7. The SMILES string of the molecule is CC1(C)C(N)=N[C@](C)(c2nc(CC(=O)c3ccc(C(=O)O)cn3)ccc2F)[C@H]2CC(F)(F)CN=[S@@]21=O. The average Bonchev–Trinajstić information content (AvgIpc) is 2.80. The molecule has 0 saturated heterocycles. The fourth-order valence-electron chi connectivity index (χ4n) is 4.44. The van der Waals surface area contributed by atoms with Crippen LogP contribution < -0.4 is 5.73 Å². The fourth-order valence-corrected chi connectivity index (χ4v) is 7.64. The van der Waals surface area contributed by atoms with Gasteiger partial charge in [0.25, 0.3) is 5.92 Å². The van der Waals surface area contributed by atoms with Gasteiger partial charge in [-0.2, -0.15) is 0 Å². The maximum Gasteiger partial charge on any atom is 0.337 e. The molecule has 13 heteroatoms. The molecule has 9 nitrogen and oxygen atoms in total. The number of carbonyl (C=O) groups excluding carboxylic acids is 1. The molecule has 36 heavy (non-hydrogen) atoms. The Kier molecular flexibility index (Phi) is 5.97. The number of aromatic carboxylic acids is 1. The van der Waals surface area contributed by atoms with Crippen molar-refractivity contribution in [3.8, 4) is 0 Å². The van der Waals surface area contributed by atoms with Crippen molar-refractivity contribution >= 4 is 27.3 Å². The second-order valence-electron chi connectivity index (χ2n) is 9.53. The molecule has 192 valence electrons. The molecule has 0 radical (unpaired) electrons. The first kappa shape index (κ1) is 25.7. The zero-order valence-electron chi connectivity index (χ0n) is 19.7. The number of fused-ring (bicyclic) bond motifs is 1. The standard InChI is InChI=1S/C23H24F3N5O4S/c1-21(2)20(27)31-22(3,17-9-23(25,26)11-29-36(17,21)35)18-14(24)6-5-13(30-18)8-16(32)15-7-4-12(10-28-15)19(33)34/h4-7,10,17H,8-9,11H2,1-3H3,(H2,27,31)(H,33,34)/t17-,22+,36-/m1/s1. The van der Waals surface area contributed by atoms with Crippen LogP contribution in [0.3, 0.4) is 0 Å². The van der Waals surface area contributed by atoms with Crippen molar-refractivity contribution in [2.24, 2.45) is 15.1 Å². The number of Topliss-reactive ketones (excluding diaryl/α,β-unsaturated/α-hetero) is 1. The molecule has 3 N–H and O–H groups in total. The van der Waals surface area contributed by atoms with Crippen molar-refractivity contribution in [3.63, 3.8) is 0 Å². The number of carboxylic acids is 1. The highest BCUT2D eigenvalue weighted by atomic mass is 32.2. The van der Waals surface area contributed by atoms with Gasteiger partial charge in [-0.3, -0.25) is 19.8 Å². The van der Waals surface area contributed by atoms with Crippen LogP contribution in [0, 0.1) is 5.82 Å². The van der Waals surface area contributed by atoms with Crippen molar-refractivity contribution < 1.29 is 32.1 Å². The molecule has 2 aromatic rings. The van der Waals surface area contributed by atoms with Crippen molar-refractivity contribution in [1.29, 1.82) is 0 Å². The third-order valence-electron chi connectivity index (χ3n) is 6.71. The lowest BCUT2D eigenvalue weighted by molar-refractivity contribution is -0.00688. The maximum atomic E-state index is 15.1. The van der Waals surface area contributed by atoms with Crippen LogP contribution in [0.5, 0.6) is 0 Å². The number of aliphatic imine (C=N–C) groups is 1. The second kappa shape index (κ2) is 8.36. The summed E-state index contributed by atoms with van der Waals surface area (Å²) in [5.41, 5.74) is 3.88. The van der Waals surface area contributed by atoms with E-state index in [1.807, 2.05) is 0 Å². The van der Waals surface area contributed by atoms with Crippen LogP contribution in [0.25, 0.3) is 0 Å². The van der Waals surface area contributed by atoms with Gasteiger partial charge in [-0.05, 0) is 45.0 Å². The van der Waals surface area contributed by atoms with Crippen LogP contribution in [0.1, 0.15) is 59.4 Å². The van der Waals surface area contributed by atoms with E-state index in [1.165, 1.54) is 39.0 Å². The molecule has 0 unspecified atom stereocenters. The normalized spacial score (nSPS) is 28.4. The van der Waals surface area contributed by atoms with Gasteiger partial charge in [-0.1, -0.05) is 0 Å². The monoisotopic (exact) mass is 523 g/mol. The summed E-state index contributed by atoms with van der Waals surface area (Å²) >= 11 is 0. The highest BCUT2D eigenvalue weighted by Crippen LogP contribution is 2.49. The molecular formula is C23H24F3N5O4S. The van der Waals surface area contributed by atoms with Crippen LogP contribution >= 0.6 is 0 Å². The number of nitrogens with zero attached hydrogens (tertiary/aromatic N) is 4. The molecule has 2 aromatic heterocycles. The minimum atomic E-state index is -3.44. The Hall–Kier alpha value is -3.35. The number of amidine groups is 1. The quantitative estimate of drug-likeness (QED) is 0.573. The zero-order valence-corrected chi connectivity index (χ0v) is 20.5. The molecule has 0 fully saturated rings. The number of rotatable bonds is 5. The van der Waals surface area contributed by atoms with Gasteiger partial charge in [0.15, 0.2) is 5.78 Å². The van der Waals surface area contributed by atoms with Crippen LogP contribution in [-0.4, -0.2) is 59.3 Å². The Morgan fingerprint density at radius 2 is 1.89 bits per heavy atom. The summed E-state index contributed by atoms with van der Waals surface area (Å²) in [4.78, 5) is 36.1. The summed E-state index contributed by atoms with van der Waals surface area (Å²) in [5, 5.41) is 7.58. The van der Waals surface area contributed by atoms with Crippen LogP contribution in [-0.2, 0) is 21.7 Å². The number of nitrogens with two attached hydrogens (primary N) is 1. The molecule has 2 aliphatic heterocycles. The van der Waals surface area contributed by atoms with Gasteiger partial charge >= 0.3 is 5.97 Å². The number of aromatic nitrogens is 2. The summed E-state index contributed by atoms with van der Waals surface area (Å²) in [7, 11) is -3.44. The Bertz CT molecular complexity index is 1420. The first-order valence-corrected chi connectivity index (χ1v) is 12.5. The number of ketones is 1. The van der Waals surface area contributed by atoms with Gasteiger partial charge in [0.1, 0.15) is 39.9 Å². The van der Waals surface area contributed by atoms with Crippen molar-refractivity contribution in [1.82, 2.24) is 9.97 Å². The molecule has 3 atom stereocenters. The lowest BCUT2D eigenvalue weighted by atomic mass is 9.87. The number of carboxylic acid groups (broad SMARTS) is 1. The largest absolute Gasteiger partial charge is 0.478 e. The first-order chi connectivity index (χ1) is 16.6. The first-order valence-electron chi connectivity index (χ1n) is 10.9. The third-order valence-corrected chi connectivity index (χ3v) is 10.3. The number of alkyl halides is 2. The molecule has 4 rings (SSSR count). The van der Waals surface area contributed by atoms with E-state index in [2.05, 4.69) is 19.3 Å². The van der Waals surface area contributed by atoms with E-state index in [1.54, 1.807) is 0 Å². The highest BCUT2D eigenvalue weighted by molar-refractivity contribution is 7.96. The molecule has 2 aliphatic rings. The molecule has 4 heterocycles. The second-order valence-corrected chi connectivity index (χ2v) is 12.5.